The second-order valence-electron chi connectivity index (χ2n) is 5.65. The van der Waals surface area contributed by atoms with Crippen molar-refractivity contribution in [3.05, 3.63) is 17.2 Å². The molecule has 0 aromatic heterocycles. The van der Waals surface area contributed by atoms with Crippen LogP contribution in [-0.4, -0.2) is 43.7 Å². The van der Waals surface area contributed by atoms with Crippen molar-refractivity contribution in [1.82, 2.24) is 4.31 Å². The lowest BCUT2D eigenvalue weighted by Crippen LogP contribution is -2.50. The highest BCUT2D eigenvalue weighted by Crippen LogP contribution is 2.38. The number of nitrogens with one attached hydrogen (secondary N) is 1. The average Bonchev–Trinajstić information content (AvgIpc) is 2.53. The van der Waals surface area contributed by atoms with E-state index in [1.807, 2.05) is 0 Å². The lowest BCUT2D eigenvalue weighted by molar-refractivity contribution is -0.122. The van der Waals surface area contributed by atoms with Gasteiger partial charge < -0.3 is 15.8 Å². The Morgan fingerprint density at radius 2 is 2.12 bits per heavy atom. The molecule has 8 nitrogen and oxygen atoms in total. The summed E-state index contributed by atoms with van der Waals surface area (Å²) in [5, 5.41) is 2.49. The van der Waals surface area contributed by atoms with Gasteiger partial charge in [-0.25, -0.2) is 8.42 Å². The maximum Gasteiger partial charge on any atom is 0.262 e. The van der Waals surface area contributed by atoms with E-state index in [0.29, 0.717) is 18.5 Å². The van der Waals surface area contributed by atoms with Gasteiger partial charge in [0.15, 0.2) is 6.61 Å². The number of ether oxygens (including phenoxy) is 1. The molecular formula is C14H16ClN3O5S. The van der Waals surface area contributed by atoms with Gasteiger partial charge >= 0.3 is 0 Å². The molecule has 0 spiro atoms. The Morgan fingerprint density at radius 1 is 1.38 bits per heavy atom. The fourth-order valence-corrected chi connectivity index (χ4v) is 5.07. The molecule has 0 aliphatic carbocycles. The molecule has 0 unspecified atom stereocenters. The van der Waals surface area contributed by atoms with Gasteiger partial charge in [0.25, 0.3) is 5.91 Å². The number of halogens is 1. The number of nitrogens with zero attached hydrogens (tertiary/aromatic N) is 1. The van der Waals surface area contributed by atoms with Crippen LogP contribution in [0.5, 0.6) is 5.75 Å². The fraction of sp³-hybridized carbons (Fsp3) is 0.429. The number of benzene rings is 1. The molecule has 3 rings (SSSR count). The van der Waals surface area contributed by atoms with Crippen LogP contribution in [0.15, 0.2) is 17.0 Å². The lowest BCUT2D eigenvalue weighted by atomic mass is 10.0. The Morgan fingerprint density at radius 3 is 2.83 bits per heavy atom. The maximum absolute atomic E-state index is 13.0. The van der Waals surface area contributed by atoms with Gasteiger partial charge in [0, 0.05) is 12.6 Å². The zero-order valence-corrected chi connectivity index (χ0v) is 14.2. The van der Waals surface area contributed by atoms with E-state index in [1.54, 1.807) is 0 Å². The molecule has 2 aliphatic rings. The number of hydrogen-bond donors (Lipinski definition) is 2. The third-order valence-electron chi connectivity index (χ3n) is 4.04. The van der Waals surface area contributed by atoms with E-state index in [2.05, 4.69) is 5.32 Å². The van der Waals surface area contributed by atoms with Crippen molar-refractivity contribution in [3.63, 3.8) is 0 Å². The van der Waals surface area contributed by atoms with Crippen LogP contribution in [0.3, 0.4) is 0 Å². The quantitative estimate of drug-likeness (QED) is 0.808. The first-order chi connectivity index (χ1) is 11.3. The standard InChI is InChI=1S/C14H16ClN3O5S/c15-8-5-9-11(23-7-13(19)17-9)6-12(8)24(21,22)18-4-2-1-3-10(18)14(16)20/h5-6,10H,1-4,7H2,(H2,16,20)(H,17,19)/t10-/m1/s1. The molecule has 3 N–H and O–H groups in total. The number of sulfonamides is 1. The van der Waals surface area contributed by atoms with Gasteiger partial charge in [0.05, 0.1) is 10.7 Å². The average molecular weight is 374 g/mol. The monoisotopic (exact) mass is 373 g/mol. The van der Waals surface area contributed by atoms with E-state index in [-0.39, 0.29) is 34.7 Å². The molecule has 1 saturated heterocycles. The molecule has 0 bridgehead atoms. The van der Waals surface area contributed by atoms with Gasteiger partial charge in [0.2, 0.25) is 15.9 Å². The van der Waals surface area contributed by atoms with E-state index in [9.17, 15) is 18.0 Å². The Hall–Kier alpha value is -1.84. The van der Waals surface area contributed by atoms with Gasteiger partial charge in [-0.3, -0.25) is 9.59 Å². The third-order valence-corrected chi connectivity index (χ3v) is 6.41. The maximum atomic E-state index is 13.0. The lowest BCUT2D eigenvalue weighted by Gasteiger charge is -2.33. The summed E-state index contributed by atoms with van der Waals surface area (Å²) in [6, 6.07) is 1.69. The summed E-state index contributed by atoms with van der Waals surface area (Å²) in [5.74, 6) is -0.819. The Bertz CT molecular complexity index is 811. The molecule has 0 radical (unpaired) electrons. The highest BCUT2D eigenvalue weighted by atomic mass is 35.5. The topological polar surface area (TPSA) is 119 Å². The number of hydrogen-bond acceptors (Lipinski definition) is 5. The zero-order chi connectivity index (χ0) is 17.5. The van der Waals surface area contributed by atoms with Crippen LogP contribution in [0.25, 0.3) is 0 Å². The normalized spacial score (nSPS) is 21.5. The molecule has 24 heavy (non-hydrogen) atoms. The molecule has 2 heterocycles. The summed E-state index contributed by atoms with van der Waals surface area (Å²) in [4.78, 5) is 22.8. The molecule has 2 amide bonds. The molecule has 1 atom stereocenters. The van der Waals surface area contributed by atoms with Crippen molar-refractivity contribution in [1.29, 1.82) is 0 Å². The number of primary amides is 1. The highest BCUT2D eigenvalue weighted by molar-refractivity contribution is 7.89. The second kappa shape index (κ2) is 6.23. The van der Waals surface area contributed by atoms with Crippen molar-refractivity contribution >= 4 is 39.1 Å². The first-order valence-electron chi connectivity index (χ1n) is 7.38. The predicted molar refractivity (Wildman–Crippen MR) is 86.3 cm³/mol. The molecule has 10 heteroatoms. The van der Waals surface area contributed by atoms with E-state index < -0.39 is 22.0 Å². The number of piperidine rings is 1. The minimum atomic E-state index is -4.03. The summed E-state index contributed by atoms with van der Waals surface area (Å²) in [5.41, 5.74) is 5.65. The first-order valence-corrected chi connectivity index (χ1v) is 9.20. The predicted octanol–water partition coefficient (Wildman–Crippen LogP) is 0.699. The summed E-state index contributed by atoms with van der Waals surface area (Å²) >= 11 is 6.11. The molecule has 2 aliphatic heterocycles. The van der Waals surface area contributed by atoms with E-state index in [0.717, 1.165) is 10.7 Å². The summed E-state index contributed by atoms with van der Waals surface area (Å²) in [6.07, 6.45) is 1.74. The van der Waals surface area contributed by atoms with Crippen LogP contribution in [0, 0.1) is 0 Å². The van der Waals surface area contributed by atoms with Crippen LogP contribution in [0.1, 0.15) is 19.3 Å². The van der Waals surface area contributed by atoms with Crippen molar-refractivity contribution in [3.8, 4) is 5.75 Å². The van der Waals surface area contributed by atoms with Gasteiger partial charge in [-0.05, 0) is 18.9 Å². The van der Waals surface area contributed by atoms with E-state index >= 15 is 0 Å². The highest BCUT2D eigenvalue weighted by Gasteiger charge is 2.38. The smallest absolute Gasteiger partial charge is 0.262 e. The van der Waals surface area contributed by atoms with Crippen molar-refractivity contribution in [2.75, 3.05) is 18.5 Å². The number of nitrogens with two attached hydrogens (primary N) is 1. The van der Waals surface area contributed by atoms with Crippen molar-refractivity contribution < 1.29 is 22.7 Å². The van der Waals surface area contributed by atoms with Crippen molar-refractivity contribution in [2.45, 2.75) is 30.2 Å². The van der Waals surface area contributed by atoms with Crippen LogP contribution in [-0.2, 0) is 19.6 Å². The number of carbonyl (C=O) groups excluding carboxylic acids is 2. The van der Waals surface area contributed by atoms with Crippen molar-refractivity contribution in [2.24, 2.45) is 5.73 Å². The number of carbonyl (C=O) groups is 2. The number of fused-ring (bicyclic) bond motifs is 1. The van der Waals surface area contributed by atoms with Crippen LogP contribution < -0.4 is 15.8 Å². The minimum Gasteiger partial charge on any atom is -0.482 e. The Kier molecular flexibility index (Phi) is 4.41. The number of anilines is 1. The minimum absolute atomic E-state index is 0.0617. The van der Waals surface area contributed by atoms with Gasteiger partial charge in [-0.1, -0.05) is 18.0 Å². The fourth-order valence-electron chi connectivity index (χ4n) is 2.88. The third kappa shape index (κ3) is 2.94. The van der Waals surface area contributed by atoms with Crippen LogP contribution in [0.4, 0.5) is 5.69 Å². The largest absolute Gasteiger partial charge is 0.482 e. The molecule has 1 fully saturated rings. The molecule has 1 aromatic carbocycles. The second-order valence-corrected chi connectivity index (χ2v) is 7.91. The van der Waals surface area contributed by atoms with Gasteiger partial charge in [-0.2, -0.15) is 4.31 Å². The van der Waals surface area contributed by atoms with Gasteiger partial charge in [0.1, 0.15) is 16.7 Å². The zero-order valence-electron chi connectivity index (χ0n) is 12.6. The molecule has 0 saturated carbocycles. The Labute approximate surface area is 143 Å². The summed E-state index contributed by atoms with van der Waals surface area (Å²) in [7, 11) is -4.03. The van der Waals surface area contributed by atoms with E-state index in [1.165, 1.54) is 12.1 Å². The summed E-state index contributed by atoms with van der Waals surface area (Å²) in [6.45, 7) is -0.0112. The van der Waals surface area contributed by atoms with Crippen LogP contribution in [0.2, 0.25) is 5.02 Å². The molecule has 1 aromatic rings. The first kappa shape index (κ1) is 17.0. The summed E-state index contributed by atoms with van der Waals surface area (Å²) < 4.78 is 32.3. The van der Waals surface area contributed by atoms with Gasteiger partial charge in [-0.15, -0.1) is 0 Å². The SMILES string of the molecule is NC(=O)[C@H]1CCCCN1S(=O)(=O)c1cc2c(cc1Cl)NC(=O)CO2. The van der Waals surface area contributed by atoms with E-state index in [4.69, 9.17) is 22.1 Å². The molecule has 130 valence electrons. The number of amides is 2. The number of rotatable bonds is 3. The molecular weight excluding hydrogens is 358 g/mol. The van der Waals surface area contributed by atoms with Crippen LogP contribution >= 0.6 is 11.6 Å². The Balaban J connectivity index is 2.03.